The molecule has 0 amide bonds. The Morgan fingerprint density at radius 2 is 1.76 bits per heavy atom. The maximum absolute atomic E-state index is 4.90. The highest BCUT2D eigenvalue weighted by Crippen LogP contribution is 2.25. The van der Waals surface area contributed by atoms with Gasteiger partial charge in [0.1, 0.15) is 5.52 Å². The van der Waals surface area contributed by atoms with Crippen LogP contribution in [0, 0.1) is 0 Å². The predicted molar refractivity (Wildman–Crippen MR) is 116 cm³/mol. The van der Waals surface area contributed by atoms with E-state index in [1.165, 1.54) is 24.8 Å². The third kappa shape index (κ3) is 4.19. The summed E-state index contributed by atoms with van der Waals surface area (Å²) in [6.45, 7) is 5.30. The van der Waals surface area contributed by atoms with E-state index in [0.717, 1.165) is 68.5 Å². The highest BCUT2D eigenvalue weighted by atomic mass is 15.3. The molecule has 4 heterocycles. The highest BCUT2D eigenvalue weighted by molar-refractivity contribution is 5.83. The summed E-state index contributed by atoms with van der Waals surface area (Å²) in [4.78, 5) is 22.1. The van der Waals surface area contributed by atoms with Crippen LogP contribution < -0.4 is 10.2 Å². The van der Waals surface area contributed by atoms with Crippen LogP contribution in [0.3, 0.4) is 0 Å². The largest absolute Gasteiger partial charge is 0.365 e. The molecule has 7 nitrogen and oxygen atoms in total. The predicted octanol–water partition coefficient (Wildman–Crippen LogP) is 3.42. The Hall–Kier alpha value is -2.67. The molecule has 0 spiro atoms. The van der Waals surface area contributed by atoms with Gasteiger partial charge in [-0.2, -0.15) is 9.97 Å². The van der Waals surface area contributed by atoms with Gasteiger partial charge in [-0.15, -0.1) is 0 Å². The van der Waals surface area contributed by atoms with E-state index in [0.29, 0.717) is 6.04 Å². The average molecular weight is 392 g/mol. The summed E-state index contributed by atoms with van der Waals surface area (Å²) in [7, 11) is 0. The number of H-pyrrole nitrogens is 1. The van der Waals surface area contributed by atoms with Crippen LogP contribution in [-0.2, 0) is 6.54 Å². The molecule has 29 heavy (non-hydrogen) atoms. The zero-order chi connectivity index (χ0) is 19.5. The molecule has 152 valence electrons. The fourth-order valence-corrected chi connectivity index (χ4v) is 4.43. The van der Waals surface area contributed by atoms with Gasteiger partial charge in [-0.05, 0) is 37.7 Å². The number of piperidine rings is 2. The molecule has 2 aliphatic heterocycles. The molecule has 0 radical (unpaired) electrons. The lowest BCUT2D eigenvalue weighted by atomic mass is 10.0. The van der Waals surface area contributed by atoms with Gasteiger partial charge >= 0.3 is 0 Å². The van der Waals surface area contributed by atoms with Crippen LogP contribution in [0.4, 0.5) is 11.8 Å². The zero-order valence-corrected chi connectivity index (χ0v) is 16.8. The Balaban J connectivity index is 1.26. The second-order valence-corrected chi connectivity index (χ2v) is 8.20. The monoisotopic (exact) mass is 391 g/mol. The van der Waals surface area contributed by atoms with Crippen LogP contribution in [0.15, 0.2) is 36.7 Å². The van der Waals surface area contributed by atoms with Crippen LogP contribution in [0.2, 0.25) is 0 Å². The number of nitrogens with one attached hydrogen (secondary N) is 2. The van der Waals surface area contributed by atoms with Crippen molar-refractivity contribution in [2.45, 2.75) is 44.7 Å². The lowest BCUT2D eigenvalue weighted by Crippen LogP contribution is -2.39. The average Bonchev–Trinajstić information content (AvgIpc) is 3.26. The standard InChI is InChI=1S/C22H29N7/c1-3-7-17(8-4-1)15-28-13-9-18(10-14-28)25-21-19-20(24-16-23-19)26-22(27-21)29-11-5-2-6-12-29/h1,3-4,7-8,16,18H,2,5-6,9-15H2,(H2,23,24,25,26,27). The van der Waals surface area contributed by atoms with Crippen LogP contribution in [0.1, 0.15) is 37.7 Å². The van der Waals surface area contributed by atoms with Crippen molar-refractivity contribution in [3.63, 3.8) is 0 Å². The minimum atomic E-state index is 0.428. The number of benzene rings is 1. The van der Waals surface area contributed by atoms with Gasteiger partial charge in [0.2, 0.25) is 5.95 Å². The van der Waals surface area contributed by atoms with E-state index < -0.39 is 0 Å². The summed E-state index contributed by atoms with van der Waals surface area (Å²) in [5.41, 5.74) is 3.06. The maximum Gasteiger partial charge on any atom is 0.229 e. The summed E-state index contributed by atoms with van der Waals surface area (Å²) >= 11 is 0. The molecule has 0 unspecified atom stereocenters. The quantitative estimate of drug-likeness (QED) is 0.694. The third-order valence-corrected chi connectivity index (χ3v) is 6.09. The Morgan fingerprint density at radius 1 is 0.966 bits per heavy atom. The number of aromatic nitrogens is 4. The summed E-state index contributed by atoms with van der Waals surface area (Å²) in [5.74, 6) is 1.71. The first-order valence-corrected chi connectivity index (χ1v) is 10.8. The maximum atomic E-state index is 4.90. The van der Waals surface area contributed by atoms with Gasteiger partial charge in [0, 0.05) is 38.8 Å². The number of fused-ring (bicyclic) bond motifs is 1. The molecular formula is C22H29N7. The summed E-state index contributed by atoms with van der Waals surface area (Å²) in [6, 6.07) is 11.2. The number of hydrogen-bond donors (Lipinski definition) is 2. The lowest BCUT2D eigenvalue weighted by Gasteiger charge is -2.33. The Bertz CT molecular complexity index is 925. The van der Waals surface area contributed by atoms with E-state index in [1.807, 2.05) is 0 Å². The van der Waals surface area contributed by atoms with E-state index in [-0.39, 0.29) is 0 Å². The molecule has 2 aliphatic rings. The van der Waals surface area contributed by atoms with Crippen LogP contribution in [0.25, 0.3) is 11.2 Å². The molecule has 2 fully saturated rings. The van der Waals surface area contributed by atoms with E-state index in [4.69, 9.17) is 9.97 Å². The topological polar surface area (TPSA) is 73.0 Å². The van der Waals surface area contributed by atoms with Crippen LogP contribution >= 0.6 is 0 Å². The van der Waals surface area contributed by atoms with Gasteiger partial charge < -0.3 is 15.2 Å². The molecule has 2 saturated heterocycles. The van der Waals surface area contributed by atoms with Gasteiger partial charge in [-0.3, -0.25) is 4.90 Å². The van der Waals surface area contributed by atoms with Crippen molar-refractivity contribution < 1.29 is 0 Å². The van der Waals surface area contributed by atoms with Gasteiger partial charge in [-0.25, -0.2) is 4.98 Å². The number of nitrogens with zero attached hydrogens (tertiary/aromatic N) is 5. The number of anilines is 2. The van der Waals surface area contributed by atoms with Crippen molar-refractivity contribution in [3.8, 4) is 0 Å². The molecule has 3 aromatic rings. The second kappa shape index (κ2) is 8.37. The first-order valence-electron chi connectivity index (χ1n) is 10.8. The van der Waals surface area contributed by atoms with Crippen molar-refractivity contribution in [1.82, 2.24) is 24.8 Å². The summed E-state index contributed by atoms with van der Waals surface area (Å²) < 4.78 is 0. The van der Waals surface area contributed by atoms with Crippen molar-refractivity contribution in [2.75, 3.05) is 36.4 Å². The van der Waals surface area contributed by atoms with Gasteiger partial charge in [0.15, 0.2) is 11.5 Å². The van der Waals surface area contributed by atoms with Crippen molar-refractivity contribution in [2.24, 2.45) is 0 Å². The third-order valence-electron chi connectivity index (χ3n) is 6.09. The number of likely N-dealkylation sites (tertiary alicyclic amines) is 1. The van der Waals surface area contributed by atoms with Crippen LogP contribution in [0.5, 0.6) is 0 Å². The highest BCUT2D eigenvalue weighted by Gasteiger charge is 2.22. The zero-order valence-electron chi connectivity index (χ0n) is 16.8. The first kappa shape index (κ1) is 18.4. The second-order valence-electron chi connectivity index (χ2n) is 8.20. The minimum absolute atomic E-state index is 0.428. The SMILES string of the molecule is c1ccc(CN2CCC(Nc3nc(N4CCCCC4)nc4nc[nH]c34)CC2)cc1. The molecule has 0 bridgehead atoms. The Morgan fingerprint density at radius 3 is 2.55 bits per heavy atom. The lowest BCUT2D eigenvalue weighted by molar-refractivity contribution is 0.211. The number of hydrogen-bond acceptors (Lipinski definition) is 6. The summed E-state index contributed by atoms with van der Waals surface area (Å²) in [6.07, 6.45) is 7.67. The fourth-order valence-electron chi connectivity index (χ4n) is 4.43. The van der Waals surface area contributed by atoms with Crippen molar-refractivity contribution in [1.29, 1.82) is 0 Å². The molecule has 0 aliphatic carbocycles. The Labute approximate surface area is 171 Å². The van der Waals surface area contributed by atoms with E-state index in [9.17, 15) is 0 Å². The minimum Gasteiger partial charge on any atom is -0.365 e. The van der Waals surface area contributed by atoms with Gasteiger partial charge in [-0.1, -0.05) is 30.3 Å². The summed E-state index contributed by atoms with van der Waals surface area (Å²) in [5, 5.41) is 3.70. The molecule has 1 aromatic carbocycles. The number of aromatic amines is 1. The Kier molecular flexibility index (Phi) is 5.30. The number of rotatable bonds is 5. The van der Waals surface area contributed by atoms with Gasteiger partial charge in [0.05, 0.1) is 6.33 Å². The molecule has 5 rings (SSSR count). The molecule has 0 saturated carbocycles. The smallest absolute Gasteiger partial charge is 0.229 e. The molecule has 0 atom stereocenters. The van der Waals surface area contributed by atoms with Crippen molar-refractivity contribution >= 4 is 22.9 Å². The van der Waals surface area contributed by atoms with Gasteiger partial charge in [0.25, 0.3) is 0 Å². The van der Waals surface area contributed by atoms with E-state index >= 15 is 0 Å². The molecule has 7 heteroatoms. The van der Waals surface area contributed by atoms with Crippen LogP contribution in [-0.4, -0.2) is 57.1 Å². The normalized spacial score (nSPS) is 19.0. The first-order chi connectivity index (χ1) is 14.3. The number of imidazole rings is 1. The molecule has 2 aromatic heterocycles. The van der Waals surface area contributed by atoms with E-state index in [1.54, 1.807) is 6.33 Å². The molecular weight excluding hydrogens is 362 g/mol. The molecule has 2 N–H and O–H groups in total. The fraction of sp³-hybridized carbons (Fsp3) is 0.500. The van der Waals surface area contributed by atoms with E-state index in [2.05, 4.69) is 55.4 Å². The van der Waals surface area contributed by atoms with Crippen molar-refractivity contribution in [3.05, 3.63) is 42.2 Å².